The first-order valence-electron chi connectivity index (χ1n) is 7.30. The van der Waals surface area contributed by atoms with E-state index in [0.29, 0.717) is 34.2 Å². The third kappa shape index (κ3) is 2.52. The molecule has 0 aliphatic heterocycles. The summed E-state index contributed by atoms with van der Waals surface area (Å²) >= 11 is 0. The van der Waals surface area contributed by atoms with Gasteiger partial charge in [-0.15, -0.1) is 0 Å². The second-order valence-electron chi connectivity index (χ2n) is 5.81. The van der Waals surface area contributed by atoms with Crippen molar-refractivity contribution in [3.63, 3.8) is 0 Å². The molecule has 3 rings (SSSR count). The molecule has 3 aromatic rings. The summed E-state index contributed by atoms with van der Waals surface area (Å²) in [5.41, 5.74) is 0.994. The number of hydrogen-bond donors (Lipinski definition) is 3. The average Bonchev–Trinajstić information content (AvgIpc) is 3.11. The summed E-state index contributed by atoms with van der Waals surface area (Å²) < 4.78 is 15.4. The molecule has 24 heavy (non-hydrogen) atoms. The van der Waals surface area contributed by atoms with Crippen LogP contribution in [0, 0.1) is 19.3 Å². The zero-order valence-corrected chi connectivity index (χ0v) is 13.8. The van der Waals surface area contributed by atoms with Gasteiger partial charge in [0.25, 0.3) is 0 Å². The minimum absolute atomic E-state index is 0.303. The van der Waals surface area contributed by atoms with Crippen LogP contribution in [-0.4, -0.2) is 31.8 Å². The molecule has 0 fully saturated rings. The van der Waals surface area contributed by atoms with Crippen molar-refractivity contribution in [2.45, 2.75) is 26.4 Å². The molecule has 0 bridgehead atoms. The summed E-state index contributed by atoms with van der Waals surface area (Å²) in [7, 11) is 1.67. The summed E-state index contributed by atoms with van der Waals surface area (Å²) in [6.07, 6.45) is 2.97. The zero-order chi connectivity index (χ0) is 17.5. The van der Waals surface area contributed by atoms with Crippen molar-refractivity contribution in [3.05, 3.63) is 35.3 Å². The van der Waals surface area contributed by atoms with E-state index in [1.54, 1.807) is 31.8 Å². The third-order valence-electron chi connectivity index (χ3n) is 3.70. The lowest BCUT2D eigenvalue weighted by Gasteiger charge is -2.10. The van der Waals surface area contributed by atoms with E-state index in [9.17, 15) is 4.39 Å². The predicted octanol–water partition coefficient (Wildman–Crippen LogP) is 3.00. The van der Waals surface area contributed by atoms with Gasteiger partial charge in [-0.1, -0.05) is 0 Å². The highest BCUT2D eigenvalue weighted by Crippen LogP contribution is 2.27. The van der Waals surface area contributed by atoms with Gasteiger partial charge >= 0.3 is 5.66 Å². The van der Waals surface area contributed by atoms with E-state index in [1.165, 1.54) is 6.20 Å². The van der Waals surface area contributed by atoms with Gasteiger partial charge in [0.05, 0.1) is 23.0 Å². The molecule has 3 heterocycles. The Bertz CT molecular complexity index is 946. The van der Waals surface area contributed by atoms with Gasteiger partial charge in [-0.3, -0.25) is 4.85 Å². The first kappa shape index (κ1) is 15.7. The smallest absolute Gasteiger partial charge is 0.319 e. The van der Waals surface area contributed by atoms with Crippen LogP contribution >= 0.6 is 0 Å². The fraction of sp³-hybridized carbons (Fsp3) is 0.333. The van der Waals surface area contributed by atoms with Crippen LogP contribution in [0.5, 0.6) is 0 Å². The Morgan fingerprint density at radius 2 is 2.12 bits per heavy atom. The summed E-state index contributed by atoms with van der Waals surface area (Å²) in [6, 6.07) is 0. The molecule has 8 nitrogen and oxygen atoms in total. The summed E-state index contributed by atoms with van der Waals surface area (Å²) in [5.74, 6) is 0.272. The maximum absolute atomic E-state index is 13.8. The van der Waals surface area contributed by atoms with Crippen molar-refractivity contribution in [2.24, 2.45) is 0 Å². The van der Waals surface area contributed by atoms with Gasteiger partial charge in [0.2, 0.25) is 5.95 Å². The highest BCUT2D eigenvalue weighted by molar-refractivity contribution is 5.89. The first-order valence-corrected chi connectivity index (χ1v) is 7.30. The second-order valence-corrected chi connectivity index (χ2v) is 5.81. The fourth-order valence-electron chi connectivity index (χ4n) is 2.27. The molecule has 3 N–H and O–H groups in total. The number of rotatable bonds is 4. The topological polar surface area (TPSA) is 87.8 Å². The van der Waals surface area contributed by atoms with Gasteiger partial charge in [0, 0.05) is 27.1 Å². The Hall–Kier alpha value is -3.15. The van der Waals surface area contributed by atoms with Gasteiger partial charge in [-0.05, 0) is 6.92 Å². The Morgan fingerprint density at radius 1 is 1.38 bits per heavy atom. The Labute approximate surface area is 137 Å². The van der Waals surface area contributed by atoms with Gasteiger partial charge in [0.1, 0.15) is 11.5 Å². The van der Waals surface area contributed by atoms with Gasteiger partial charge in [0.15, 0.2) is 5.82 Å². The molecule has 3 aromatic heterocycles. The number of nitrogens with zero attached hydrogens (tertiary/aromatic N) is 5. The lowest BCUT2D eigenvalue weighted by atomic mass is 10.3. The maximum Gasteiger partial charge on any atom is 0.319 e. The minimum atomic E-state index is -0.784. The van der Waals surface area contributed by atoms with Crippen molar-refractivity contribution in [1.82, 2.24) is 24.7 Å². The van der Waals surface area contributed by atoms with E-state index in [1.807, 2.05) is 6.92 Å². The molecule has 124 valence electrons. The van der Waals surface area contributed by atoms with Crippen molar-refractivity contribution in [2.75, 3.05) is 17.7 Å². The molecular weight excluding hydrogens is 311 g/mol. The van der Waals surface area contributed by atoms with E-state index in [-0.39, 0.29) is 0 Å². The molecule has 0 saturated carbocycles. The molecule has 0 saturated heterocycles. The number of aryl methyl sites for hydroxylation is 1. The number of anilines is 3. The Morgan fingerprint density at radius 3 is 2.79 bits per heavy atom. The highest BCUT2D eigenvalue weighted by atomic mass is 19.1. The van der Waals surface area contributed by atoms with E-state index in [2.05, 4.69) is 35.5 Å². The normalized spacial score (nSPS) is 11.5. The van der Waals surface area contributed by atoms with Crippen molar-refractivity contribution < 1.29 is 4.39 Å². The van der Waals surface area contributed by atoms with Crippen LogP contribution in [0.1, 0.15) is 19.5 Å². The van der Waals surface area contributed by atoms with E-state index in [4.69, 9.17) is 6.57 Å². The second kappa shape index (κ2) is 5.49. The largest absolute Gasteiger partial charge is 0.372 e. The molecule has 0 aliphatic carbocycles. The molecule has 0 spiro atoms. The Balaban J connectivity index is 2.00. The molecule has 0 amide bonds. The molecule has 0 aromatic carbocycles. The number of aromatic amines is 1. The molecular formula is C15H17FN8. The zero-order valence-electron chi connectivity index (χ0n) is 13.8. The number of nitrogens with one attached hydrogen (secondary N) is 3. The minimum Gasteiger partial charge on any atom is -0.372 e. The molecule has 9 heteroatoms. The van der Waals surface area contributed by atoms with Crippen LogP contribution in [0.25, 0.3) is 15.9 Å². The Kier molecular flexibility index (Phi) is 3.60. The fourth-order valence-corrected chi connectivity index (χ4v) is 2.27. The number of aromatic nitrogens is 5. The standard InChI is InChI=1S/C15H17FN8/c1-8-10(7-24(23-8)15(2,3)18-5)20-14-21-12(17-4)11-9(16)6-19-13(11)22-14/h6-7H,1-4H3,(H3,17,19,20,21,22). The van der Waals surface area contributed by atoms with Gasteiger partial charge in [-0.25, -0.2) is 11.0 Å². The quantitative estimate of drug-likeness (QED) is 0.641. The number of halogens is 1. The van der Waals surface area contributed by atoms with Crippen LogP contribution in [0.2, 0.25) is 0 Å². The lowest BCUT2D eigenvalue weighted by molar-refractivity contribution is 0.400. The third-order valence-corrected chi connectivity index (χ3v) is 3.70. The molecule has 0 aliphatic rings. The summed E-state index contributed by atoms with van der Waals surface area (Å²) in [5, 5.41) is 10.6. The van der Waals surface area contributed by atoms with Crippen LogP contribution in [0.4, 0.5) is 21.8 Å². The first-order chi connectivity index (χ1) is 11.4. The molecule has 0 unspecified atom stereocenters. The maximum atomic E-state index is 13.8. The summed E-state index contributed by atoms with van der Waals surface area (Å²) in [6.45, 7) is 12.6. The van der Waals surface area contributed by atoms with Crippen molar-refractivity contribution >= 4 is 28.5 Å². The highest BCUT2D eigenvalue weighted by Gasteiger charge is 2.27. The molecule has 0 atom stereocenters. The number of hydrogen-bond acceptors (Lipinski definition) is 5. The summed E-state index contributed by atoms with van der Waals surface area (Å²) in [4.78, 5) is 14.9. The van der Waals surface area contributed by atoms with E-state index in [0.717, 1.165) is 0 Å². The average molecular weight is 328 g/mol. The van der Waals surface area contributed by atoms with Crippen LogP contribution in [0.15, 0.2) is 12.4 Å². The van der Waals surface area contributed by atoms with Crippen LogP contribution in [0.3, 0.4) is 0 Å². The molecule has 0 radical (unpaired) electrons. The van der Waals surface area contributed by atoms with Gasteiger partial charge in [-0.2, -0.15) is 19.7 Å². The number of H-pyrrole nitrogens is 1. The SMILES string of the molecule is [C-]#[N+]C(C)(C)n1cc(Nc2nc(NC)c3c(F)c[nH]c3n2)c(C)n1. The monoisotopic (exact) mass is 328 g/mol. The van der Waals surface area contributed by atoms with E-state index < -0.39 is 11.5 Å². The van der Waals surface area contributed by atoms with Crippen molar-refractivity contribution in [1.29, 1.82) is 0 Å². The van der Waals surface area contributed by atoms with Gasteiger partial charge < -0.3 is 15.6 Å². The van der Waals surface area contributed by atoms with E-state index >= 15 is 0 Å². The van der Waals surface area contributed by atoms with Crippen LogP contribution in [-0.2, 0) is 5.66 Å². The lowest BCUT2D eigenvalue weighted by Crippen LogP contribution is -2.22. The number of fused-ring (bicyclic) bond motifs is 1. The van der Waals surface area contributed by atoms with Crippen LogP contribution < -0.4 is 10.6 Å². The van der Waals surface area contributed by atoms with Crippen molar-refractivity contribution in [3.8, 4) is 0 Å². The predicted molar refractivity (Wildman–Crippen MR) is 89.6 cm³/mol.